The van der Waals surface area contributed by atoms with Gasteiger partial charge in [0.15, 0.2) is 0 Å². The maximum absolute atomic E-state index is 14.0. The lowest BCUT2D eigenvalue weighted by Gasteiger charge is -2.33. The number of amides is 2. The van der Waals surface area contributed by atoms with Crippen LogP contribution in [0, 0.1) is 0 Å². The zero-order chi connectivity index (χ0) is 29.6. The van der Waals surface area contributed by atoms with E-state index in [4.69, 9.17) is 34.8 Å². The molecule has 0 spiro atoms. The van der Waals surface area contributed by atoms with Crippen molar-refractivity contribution in [3.05, 3.63) is 93.4 Å². The molecule has 1 aliphatic rings. The van der Waals surface area contributed by atoms with Crippen LogP contribution in [0.15, 0.2) is 77.7 Å². The number of rotatable bonds is 10. The molecule has 7 nitrogen and oxygen atoms in total. The molecule has 0 unspecified atom stereocenters. The van der Waals surface area contributed by atoms with Crippen molar-refractivity contribution in [1.29, 1.82) is 0 Å². The van der Waals surface area contributed by atoms with Gasteiger partial charge in [-0.1, -0.05) is 90.5 Å². The molecule has 3 aromatic carbocycles. The minimum Gasteiger partial charge on any atom is -0.352 e. The van der Waals surface area contributed by atoms with E-state index in [1.165, 1.54) is 17.0 Å². The Balaban J connectivity index is 1.69. The zero-order valence-electron chi connectivity index (χ0n) is 22.6. The van der Waals surface area contributed by atoms with E-state index in [1.54, 1.807) is 67.6 Å². The maximum Gasteiger partial charge on any atom is 0.264 e. The average molecular weight is 637 g/mol. The van der Waals surface area contributed by atoms with E-state index in [-0.39, 0.29) is 34.1 Å². The van der Waals surface area contributed by atoms with Crippen LogP contribution in [-0.4, -0.2) is 43.8 Å². The number of carbonyl (C=O) groups excluding carboxylic acids is 2. The van der Waals surface area contributed by atoms with Crippen LogP contribution in [0.1, 0.15) is 44.6 Å². The molecule has 1 atom stereocenters. The van der Waals surface area contributed by atoms with Crippen LogP contribution in [0.3, 0.4) is 0 Å². The van der Waals surface area contributed by atoms with Gasteiger partial charge in [0.25, 0.3) is 10.0 Å². The Morgan fingerprint density at radius 2 is 1.54 bits per heavy atom. The summed E-state index contributed by atoms with van der Waals surface area (Å²) in [5, 5.41) is 3.91. The number of nitrogens with one attached hydrogen (secondary N) is 1. The summed E-state index contributed by atoms with van der Waals surface area (Å²) in [5.41, 5.74) is 0.792. The highest BCUT2D eigenvalue weighted by molar-refractivity contribution is 7.92. The van der Waals surface area contributed by atoms with E-state index >= 15 is 0 Å². The second kappa shape index (κ2) is 13.9. The number of carbonyl (C=O) groups is 2. The number of hydrogen-bond donors (Lipinski definition) is 1. The van der Waals surface area contributed by atoms with Crippen molar-refractivity contribution in [3.8, 4) is 0 Å². The molecule has 0 radical (unpaired) electrons. The summed E-state index contributed by atoms with van der Waals surface area (Å²) in [6, 6.07) is 18.3. The number of hydrogen-bond acceptors (Lipinski definition) is 4. The Labute approximate surface area is 256 Å². The third kappa shape index (κ3) is 7.74. The van der Waals surface area contributed by atoms with Crippen molar-refractivity contribution in [2.24, 2.45) is 0 Å². The molecule has 218 valence electrons. The van der Waals surface area contributed by atoms with E-state index in [0.717, 1.165) is 36.4 Å². The molecule has 4 rings (SSSR count). The predicted molar refractivity (Wildman–Crippen MR) is 164 cm³/mol. The maximum atomic E-state index is 14.0. The third-order valence-corrected chi connectivity index (χ3v) is 10.0. The molecular weight excluding hydrogens is 605 g/mol. The van der Waals surface area contributed by atoms with Crippen molar-refractivity contribution < 1.29 is 18.0 Å². The Morgan fingerprint density at radius 3 is 2.20 bits per heavy atom. The first-order valence-corrected chi connectivity index (χ1v) is 16.0. The van der Waals surface area contributed by atoms with Crippen LogP contribution < -0.4 is 9.62 Å². The van der Waals surface area contributed by atoms with E-state index < -0.39 is 28.5 Å². The highest BCUT2D eigenvalue weighted by Gasteiger charge is 2.34. The number of anilines is 1. The van der Waals surface area contributed by atoms with Crippen molar-refractivity contribution >= 4 is 62.3 Å². The summed E-state index contributed by atoms with van der Waals surface area (Å²) in [6.45, 7) is 1.07. The number of benzene rings is 3. The van der Waals surface area contributed by atoms with Crippen LogP contribution in [0.2, 0.25) is 15.1 Å². The van der Waals surface area contributed by atoms with Crippen molar-refractivity contribution in [1.82, 2.24) is 10.2 Å². The van der Waals surface area contributed by atoms with Crippen LogP contribution in [0.5, 0.6) is 0 Å². The number of halogens is 3. The Kier molecular flexibility index (Phi) is 10.6. The fourth-order valence-corrected chi connectivity index (χ4v) is 6.94. The lowest BCUT2D eigenvalue weighted by molar-refractivity contribution is -0.139. The van der Waals surface area contributed by atoms with Gasteiger partial charge in [-0.25, -0.2) is 8.42 Å². The lowest BCUT2D eigenvalue weighted by atomic mass is 9.95. The van der Waals surface area contributed by atoms with Crippen LogP contribution in [0.25, 0.3) is 0 Å². The SMILES string of the molecule is C[C@H](C(=O)NC1CCCCC1)N(Cc1ccc(Cl)c(Cl)c1)C(=O)CN(c1ccccc1Cl)S(=O)(=O)c1ccccc1. The highest BCUT2D eigenvalue weighted by atomic mass is 35.5. The first kappa shape index (κ1) is 31.2. The van der Waals surface area contributed by atoms with E-state index in [1.807, 2.05) is 0 Å². The van der Waals surface area contributed by atoms with Crippen molar-refractivity contribution in [3.63, 3.8) is 0 Å². The van der Waals surface area contributed by atoms with Gasteiger partial charge in [0.05, 0.1) is 25.7 Å². The van der Waals surface area contributed by atoms with Gasteiger partial charge in [-0.15, -0.1) is 0 Å². The largest absolute Gasteiger partial charge is 0.352 e. The minimum atomic E-state index is -4.20. The zero-order valence-corrected chi connectivity index (χ0v) is 25.7. The predicted octanol–water partition coefficient (Wildman–Crippen LogP) is 6.71. The summed E-state index contributed by atoms with van der Waals surface area (Å²) in [7, 11) is -4.20. The van der Waals surface area contributed by atoms with Crippen LogP contribution in [0.4, 0.5) is 5.69 Å². The highest BCUT2D eigenvalue weighted by Crippen LogP contribution is 2.31. The summed E-state index contributed by atoms with van der Waals surface area (Å²) < 4.78 is 28.7. The van der Waals surface area contributed by atoms with E-state index in [2.05, 4.69) is 5.32 Å². The molecule has 1 N–H and O–H groups in total. The standard InChI is InChI=1S/C30H32Cl3N3O4S/c1-21(30(38)34-23-10-4-2-5-11-23)35(19-22-16-17-25(31)27(33)18-22)29(37)20-36(28-15-9-8-14-26(28)32)41(39,40)24-12-6-3-7-13-24/h3,6-9,12-18,21,23H,2,4-5,10-11,19-20H2,1H3,(H,34,38)/t21-/m1/s1. The van der Waals surface area contributed by atoms with Gasteiger partial charge in [0, 0.05) is 12.6 Å². The van der Waals surface area contributed by atoms with Gasteiger partial charge >= 0.3 is 0 Å². The molecular formula is C30H32Cl3N3O4S. The molecule has 11 heteroatoms. The topological polar surface area (TPSA) is 86.8 Å². The van der Waals surface area contributed by atoms with E-state index in [9.17, 15) is 18.0 Å². The lowest BCUT2D eigenvalue weighted by Crippen LogP contribution is -2.53. The quantitative estimate of drug-likeness (QED) is 0.268. The minimum absolute atomic E-state index is 0.00634. The Bertz CT molecular complexity index is 1480. The number of sulfonamides is 1. The van der Waals surface area contributed by atoms with Gasteiger partial charge in [0.2, 0.25) is 11.8 Å². The monoisotopic (exact) mass is 635 g/mol. The summed E-state index contributed by atoms with van der Waals surface area (Å²) >= 11 is 18.8. The normalized spacial score (nSPS) is 14.7. The van der Waals surface area contributed by atoms with Crippen molar-refractivity contribution in [2.75, 3.05) is 10.8 Å². The number of para-hydroxylation sites is 1. The van der Waals surface area contributed by atoms with Gasteiger partial charge < -0.3 is 10.2 Å². The molecule has 1 aliphatic carbocycles. The van der Waals surface area contributed by atoms with Gasteiger partial charge in [0.1, 0.15) is 12.6 Å². The molecule has 1 fully saturated rings. The first-order valence-electron chi connectivity index (χ1n) is 13.4. The fraction of sp³-hybridized carbons (Fsp3) is 0.333. The summed E-state index contributed by atoms with van der Waals surface area (Å²) in [4.78, 5) is 28.8. The third-order valence-electron chi connectivity index (χ3n) is 7.19. The smallest absolute Gasteiger partial charge is 0.264 e. The first-order chi connectivity index (χ1) is 19.6. The average Bonchev–Trinajstić information content (AvgIpc) is 2.97. The number of nitrogens with zero attached hydrogens (tertiary/aromatic N) is 2. The second-order valence-corrected chi connectivity index (χ2v) is 13.1. The molecule has 0 bridgehead atoms. The fourth-order valence-electron chi connectivity index (χ4n) is 4.87. The van der Waals surface area contributed by atoms with Crippen LogP contribution in [-0.2, 0) is 26.2 Å². The van der Waals surface area contributed by atoms with Crippen LogP contribution >= 0.6 is 34.8 Å². The Hall–Kier alpha value is -2.78. The molecule has 0 heterocycles. The molecule has 41 heavy (non-hydrogen) atoms. The second-order valence-electron chi connectivity index (χ2n) is 10.1. The molecule has 0 aliphatic heterocycles. The molecule has 2 amide bonds. The van der Waals surface area contributed by atoms with E-state index in [0.29, 0.717) is 15.6 Å². The molecule has 0 aromatic heterocycles. The van der Waals surface area contributed by atoms with Gasteiger partial charge in [-0.3, -0.25) is 13.9 Å². The molecule has 3 aromatic rings. The molecule has 0 saturated heterocycles. The Morgan fingerprint density at radius 1 is 0.878 bits per heavy atom. The van der Waals surface area contributed by atoms with Gasteiger partial charge in [-0.05, 0) is 61.7 Å². The van der Waals surface area contributed by atoms with Crippen molar-refractivity contribution in [2.45, 2.75) is 62.6 Å². The van der Waals surface area contributed by atoms with Gasteiger partial charge in [-0.2, -0.15) is 0 Å². The summed E-state index contributed by atoms with van der Waals surface area (Å²) in [6.07, 6.45) is 4.98. The summed E-state index contributed by atoms with van der Waals surface area (Å²) in [5.74, 6) is -0.887. The molecule has 1 saturated carbocycles.